The summed E-state index contributed by atoms with van der Waals surface area (Å²) in [5.41, 5.74) is -0.129. The fourth-order valence-electron chi connectivity index (χ4n) is 1.95. The van der Waals surface area contributed by atoms with Crippen LogP contribution in [0, 0.1) is 10.1 Å². The van der Waals surface area contributed by atoms with Gasteiger partial charge in [0.15, 0.2) is 0 Å². The second-order valence-electron chi connectivity index (χ2n) is 4.57. The summed E-state index contributed by atoms with van der Waals surface area (Å²) in [5.74, 6) is 0.171. The van der Waals surface area contributed by atoms with Gasteiger partial charge in [-0.2, -0.15) is 0 Å². The van der Waals surface area contributed by atoms with Crippen molar-refractivity contribution >= 4 is 5.69 Å². The molecule has 5 atom stereocenters. The van der Waals surface area contributed by atoms with Gasteiger partial charge in [0.25, 0.3) is 5.69 Å². The van der Waals surface area contributed by atoms with Crippen molar-refractivity contribution in [2.75, 3.05) is 6.61 Å². The molecule has 0 aliphatic carbocycles. The van der Waals surface area contributed by atoms with Crippen molar-refractivity contribution in [1.82, 2.24) is 0 Å². The van der Waals surface area contributed by atoms with Crippen LogP contribution in [-0.4, -0.2) is 62.7 Å². The topological polar surface area (TPSA) is 143 Å². The Hall–Kier alpha value is -1.78. The molecule has 0 saturated carbocycles. The van der Waals surface area contributed by atoms with Gasteiger partial charge in [-0.05, 0) is 12.1 Å². The molecule has 1 aromatic rings. The van der Waals surface area contributed by atoms with Crippen LogP contribution in [0.3, 0.4) is 0 Å². The van der Waals surface area contributed by atoms with Crippen LogP contribution in [-0.2, 0) is 4.74 Å². The lowest BCUT2D eigenvalue weighted by atomic mass is 9.99. The molecule has 0 aromatic heterocycles. The van der Waals surface area contributed by atoms with Crippen molar-refractivity contribution in [3.8, 4) is 5.75 Å². The fourth-order valence-corrected chi connectivity index (χ4v) is 1.95. The van der Waals surface area contributed by atoms with Crippen LogP contribution in [0.15, 0.2) is 24.3 Å². The third-order valence-corrected chi connectivity index (χ3v) is 3.15. The minimum Gasteiger partial charge on any atom is -0.462 e. The lowest BCUT2D eigenvalue weighted by Gasteiger charge is -2.39. The summed E-state index contributed by atoms with van der Waals surface area (Å²) in [5, 5.41) is 48.6. The summed E-state index contributed by atoms with van der Waals surface area (Å²) >= 11 is 0. The summed E-state index contributed by atoms with van der Waals surface area (Å²) in [6.45, 7) is -0.564. The molecule has 0 radical (unpaired) electrons. The maximum Gasteiger partial charge on any atom is 0.269 e. The van der Waals surface area contributed by atoms with Gasteiger partial charge in [-0.25, -0.2) is 0 Å². The zero-order valence-corrected chi connectivity index (χ0v) is 10.8. The molecule has 0 amide bonds. The van der Waals surface area contributed by atoms with Crippen LogP contribution in [0.5, 0.6) is 5.75 Å². The quantitative estimate of drug-likeness (QED) is 0.400. The van der Waals surface area contributed by atoms with E-state index in [2.05, 4.69) is 0 Å². The molecule has 4 N–H and O–H groups in total. The number of aliphatic hydroxyl groups excluding tert-OH is 4. The largest absolute Gasteiger partial charge is 0.462 e. The molecule has 0 spiro atoms. The van der Waals surface area contributed by atoms with Gasteiger partial charge in [-0.15, -0.1) is 0 Å². The number of nitro benzene ring substituents is 1. The van der Waals surface area contributed by atoms with E-state index >= 15 is 0 Å². The summed E-state index contributed by atoms with van der Waals surface area (Å²) in [4.78, 5) is 9.95. The first kappa shape index (κ1) is 15.6. The van der Waals surface area contributed by atoms with E-state index in [0.717, 1.165) is 0 Å². The Morgan fingerprint density at radius 3 is 2.29 bits per heavy atom. The van der Waals surface area contributed by atoms with Gasteiger partial charge in [0.1, 0.15) is 30.2 Å². The van der Waals surface area contributed by atoms with E-state index in [1.165, 1.54) is 24.3 Å². The average Bonchev–Trinajstić information content (AvgIpc) is 2.48. The Morgan fingerprint density at radius 2 is 1.76 bits per heavy atom. The van der Waals surface area contributed by atoms with Gasteiger partial charge < -0.3 is 29.9 Å². The Morgan fingerprint density at radius 1 is 1.14 bits per heavy atom. The summed E-state index contributed by atoms with van der Waals surface area (Å²) < 4.78 is 10.4. The Balaban J connectivity index is 2.08. The predicted octanol–water partition coefficient (Wildman–Crippen LogP) is -1.23. The predicted molar refractivity (Wildman–Crippen MR) is 67.5 cm³/mol. The highest BCUT2D eigenvalue weighted by molar-refractivity contribution is 5.36. The molecular weight excluding hydrogens is 286 g/mol. The molecule has 116 valence electrons. The van der Waals surface area contributed by atoms with Gasteiger partial charge in [-0.1, -0.05) is 0 Å². The Labute approximate surface area is 119 Å². The number of hydrogen-bond donors (Lipinski definition) is 4. The van der Waals surface area contributed by atoms with Crippen LogP contribution < -0.4 is 4.74 Å². The highest BCUT2D eigenvalue weighted by Gasteiger charge is 2.44. The molecule has 1 aliphatic rings. The summed E-state index contributed by atoms with van der Waals surface area (Å²) in [6.07, 6.45) is -6.94. The minimum atomic E-state index is -1.54. The molecule has 1 aromatic carbocycles. The van der Waals surface area contributed by atoms with Crippen LogP contribution >= 0.6 is 0 Å². The molecule has 9 heteroatoms. The van der Waals surface area contributed by atoms with Gasteiger partial charge in [0, 0.05) is 12.1 Å². The van der Waals surface area contributed by atoms with Crippen LogP contribution in [0.2, 0.25) is 0 Å². The fraction of sp³-hybridized carbons (Fsp3) is 0.500. The van der Waals surface area contributed by atoms with Crippen molar-refractivity contribution in [1.29, 1.82) is 0 Å². The smallest absolute Gasteiger partial charge is 0.269 e. The van der Waals surface area contributed by atoms with Crippen molar-refractivity contribution in [3.63, 3.8) is 0 Å². The number of nitrogens with zero attached hydrogens (tertiary/aromatic N) is 1. The van der Waals surface area contributed by atoms with Gasteiger partial charge in [0.2, 0.25) is 6.29 Å². The zero-order chi connectivity index (χ0) is 15.6. The number of rotatable bonds is 4. The van der Waals surface area contributed by atoms with Crippen molar-refractivity contribution in [2.45, 2.75) is 30.7 Å². The average molecular weight is 301 g/mol. The van der Waals surface area contributed by atoms with Crippen molar-refractivity contribution in [2.24, 2.45) is 0 Å². The maximum absolute atomic E-state index is 10.5. The number of non-ortho nitro benzene ring substituents is 1. The van der Waals surface area contributed by atoms with E-state index in [-0.39, 0.29) is 11.4 Å². The first-order valence-electron chi connectivity index (χ1n) is 6.15. The van der Waals surface area contributed by atoms with E-state index < -0.39 is 42.2 Å². The molecule has 1 heterocycles. The molecule has 9 nitrogen and oxygen atoms in total. The number of nitro groups is 1. The Bertz CT molecular complexity index is 491. The molecular formula is C12H15NO8. The Kier molecular flexibility index (Phi) is 4.70. The second kappa shape index (κ2) is 6.33. The SMILES string of the molecule is O=[N+]([O-])c1ccc(O[C@H]2OC(CO)[C@@H](O)C(O)C2O)cc1. The third-order valence-electron chi connectivity index (χ3n) is 3.15. The number of benzene rings is 1. The van der Waals surface area contributed by atoms with Gasteiger partial charge in [-0.3, -0.25) is 10.1 Å². The van der Waals surface area contributed by atoms with Crippen LogP contribution in [0.25, 0.3) is 0 Å². The number of ether oxygens (including phenoxy) is 2. The zero-order valence-electron chi connectivity index (χ0n) is 10.8. The molecule has 2 rings (SSSR count). The normalized spacial score (nSPS) is 32.7. The van der Waals surface area contributed by atoms with E-state index in [0.29, 0.717) is 0 Å². The molecule has 21 heavy (non-hydrogen) atoms. The molecule has 1 fully saturated rings. The van der Waals surface area contributed by atoms with E-state index in [1.54, 1.807) is 0 Å². The summed E-state index contributed by atoms with van der Waals surface area (Å²) in [7, 11) is 0. The molecule has 1 saturated heterocycles. The van der Waals surface area contributed by atoms with Crippen molar-refractivity contribution in [3.05, 3.63) is 34.4 Å². The standard InChI is InChI=1S/C12H15NO8/c14-5-8-9(15)10(16)11(17)12(21-8)20-7-3-1-6(2-4-7)13(18)19/h1-4,8-12,14-17H,5H2/t8?,9-,10?,11?,12+/m1/s1. The van der Waals surface area contributed by atoms with Crippen LogP contribution in [0.1, 0.15) is 0 Å². The maximum atomic E-state index is 10.5. The highest BCUT2D eigenvalue weighted by atomic mass is 16.7. The van der Waals surface area contributed by atoms with E-state index in [4.69, 9.17) is 14.6 Å². The van der Waals surface area contributed by atoms with Crippen LogP contribution in [0.4, 0.5) is 5.69 Å². The number of aliphatic hydroxyl groups is 4. The monoisotopic (exact) mass is 301 g/mol. The van der Waals surface area contributed by atoms with Gasteiger partial charge >= 0.3 is 0 Å². The molecule has 0 bridgehead atoms. The molecule has 3 unspecified atom stereocenters. The molecule has 1 aliphatic heterocycles. The highest BCUT2D eigenvalue weighted by Crippen LogP contribution is 2.25. The summed E-state index contributed by atoms with van der Waals surface area (Å²) in [6, 6.07) is 5.03. The second-order valence-corrected chi connectivity index (χ2v) is 4.57. The van der Waals surface area contributed by atoms with Crippen molar-refractivity contribution < 1.29 is 34.8 Å². The lowest BCUT2D eigenvalue weighted by Crippen LogP contribution is -2.60. The third kappa shape index (κ3) is 3.28. The minimum absolute atomic E-state index is 0.129. The van der Waals surface area contributed by atoms with E-state index in [9.17, 15) is 25.4 Å². The van der Waals surface area contributed by atoms with E-state index in [1.807, 2.05) is 0 Å². The lowest BCUT2D eigenvalue weighted by molar-refractivity contribution is -0.384. The number of hydrogen-bond acceptors (Lipinski definition) is 8. The van der Waals surface area contributed by atoms with Gasteiger partial charge in [0.05, 0.1) is 11.5 Å². The first-order chi connectivity index (χ1) is 9.93. The first-order valence-corrected chi connectivity index (χ1v) is 6.15.